The summed E-state index contributed by atoms with van der Waals surface area (Å²) in [5, 5.41) is 10.2. The van der Waals surface area contributed by atoms with Crippen LogP contribution < -0.4 is 5.06 Å². The second-order valence-electron chi connectivity index (χ2n) is 4.16. The van der Waals surface area contributed by atoms with Crippen LogP contribution in [-0.2, 0) is 11.2 Å². The second kappa shape index (κ2) is 2.78. The van der Waals surface area contributed by atoms with Crippen molar-refractivity contribution in [1.29, 1.82) is 0 Å². The van der Waals surface area contributed by atoms with Crippen LogP contribution in [0.15, 0.2) is 18.3 Å². The van der Waals surface area contributed by atoms with Crippen LogP contribution in [0.3, 0.4) is 0 Å². The molecule has 0 bridgehead atoms. The van der Waals surface area contributed by atoms with E-state index in [1.54, 1.807) is 12.3 Å². The van der Waals surface area contributed by atoms with Crippen LogP contribution in [0.5, 0.6) is 0 Å². The first-order valence-corrected chi connectivity index (χ1v) is 4.50. The van der Waals surface area contributed by atoms with Crippen LogP contribution in [0.1, 0.15) is 19.4 Å². The first kappa shape index (κ1) is 9.15. The minimum absolute atomic E-state index is 0.302. The van der Waals surface area contributed by atoms with Gasteiger partial charge in [0, 0.05) is 6.20 Å². The van der Waals surface area contributed by atoms with Crippen LogP contribution in [-0.4, -0.2) is 16.1 Å². The van der Waals surface area contributed by atoms with E-state index in [9.17, 15) is 10.0 Å². The number of carbonyl (C=O) groups is 1. The summed E-state index contributed by atoms with van der Waals surface area (Å²) in [4.78, 5) is 15.6. The highest BCUT2D eigenvalue weighted by atomic mass is 16.5. The standard InChI is InChI=1S/C10H12N2O2/c1-10(2)6-7-4-3-5-11-8(7)12(14)9(10)13/h3-5,14H,6H2,1-2H3. The van der Waals surface area contributed by atoms with Crippen LogP contribution in [0.25, 0.3) is 0 Å². The Hall–Kier alpha value is -1.42. The van der Waals surface area contributed by atoms with Gasteiger partial charge in [0.05, 0.1) is 5.41 Å². The van der Waals surface area contributed by atoms with Gasteiger partial charge in [0.15, 0.2) is 5.82 Å². The Morgan fingerprint density at radius 1 is 1.57 bits per heavy atom. The van der Waals surface area contributed by atoms with Crippen molar-refractivity contribution in [2.75, 3.05) is 5.06 Å². The Morgan fingerprint density at radius 2 is 2.29 bits per heavy atom. The normalized spacial score (nSPS) is 19.4. The summed E-state index contributed by atoms with van der Waals surface area (Å²) < 4.78 is 0. The molecule has 1 aromatic rings. The van der Waals surface area contributed by atoms with Crippen molar-refractivity contribution in [1.82, 2.24) is 4.98 Å². The molecule has 0 spiro atoms. The van der Waals surface area contributed by atoms with Gasteiger partial charge in [-0.2, -0.15) is 5.06 Å². The number of carbonyl (C=O) groups excluding carboxylic acids is 1. The Balaban J connectivity index is 2.53. The van der Waals surface area contributed by atoms with E-state index >= 15 is 0 Å². The summed E-state index contributed by atoms with van der Waals surface area (Å²) in [5.41, 5.74) is 0.352. The molecule has 1 N–H and O–H groups in total. The number of aromatic nitrogens is 1. The lowest BCUT2D eigenvalue weighted by molar-refractivity contribution is -0.132. The van der Waals surface area contributed by atoms with Crippen molar-refractivity contribution in [2.24, 2.45) is 5.41 Å². The lowest BCUT2D eigenvalue weighted by Gasteiger charge is -2.33. The molecule has 1 aliphatic rings. The molecule has 2 heterocycles. The molecule has 0 radical (unpaired) electrons. The van der Waals surface area contributed by atoms with Crippen LogP contribution in [0.4, 0.5) is 5.82 Å². The van der Waals surface area contributed by atoms with Gasteiger partial charge in [0.2, 0.25) is 0 Å². The van der Waals surface area contributed by atoms with Gasteiger partial charge in [0.25, 0.3) is 5.91 Å². The van der Waals surface area contributed by atoms with Crippen molar-refractivity contribution >= 4 is 11.7 Å². The fraction of sp³-hybridized carbons (Fsp3) is 0.400. The quantitative estimate of drug-likeness (QED) is 0.632. The van der Waals surface area contributed by atoms with Gasteiger partial charge in [-0.15, -0.1) is 0 Å². The molecule has 4 nitrogen and oxygen atoms in total. The van der Waals surface area contributed by atoms with Gasteiger partial charge in [-0.25, -0.2) is 4.98 Å². The van der Waals surface area contributed by atoms with E-state index in [1.807, 2.05) is 19.9 Å². The topological polar surface area (TPSA) is 53.4 Å². The Kier molecular flexibility index (Phi) is 1.82. The number of hydroxylamine groups is 1. The first-order valence-electron chi connectivity index (χ1n) is 4.50. The maximum Gasteiger partial charge on any atom is 0.258 e. The average molecular weight is 192 g/mol. The average Bonchev–Trinajstić information content (AvgIpc) is 2.14. The summed E-state index contributed by atoms with van der Waals surface area (Å²) in [5.74, 6) is 0.0560. The molecule has 4 heteroatoms. The summed E-state index contributed by atoms with van der Waals surface area (Å²) in [6, 6.07) is 3.68. The molecule has 1 amide bonds. The number of nitrogens with zero attached hydrogens (tertiary/aromatic N) is 2. The van der Waals surface area contributed by atoms with E-state index in [-0.39, 0.29) is 5.91 Å². The summed E-state index contributed by atoms with van der Waals surface area (Å²) in [7, 11) is 0. The third kappa shape index (κ3) is 1.19. The van der Waals surface area contributed by atoms with Gasteiger partial charge in [-0.1, -0.05) is 19.9 Å². The number of anilines is 1. The molecule has 74 valence electrons. The maximum absolute atomic E-state index is 11.6. The van der Waals surface area contributed by atoms with E-state index in [2.05, 4.69) is 4.98 Å². The van der Waals surface area contributed by atoms with E-state index in [1.165, 1.54) is 0 Å². The molecule has 0 unspecified atom stereocenters. The Labute approximate surface area is 82.1 Å². The molecular formula is C10H12N2O2. The number of amides is 1. The summed E-state index contributed by atoms with van der Waals surface area (Å²) >= 11 is 0. The number of hydrogen-bond acceptors (Lipinski definition) is 3. The minimum atomic E-state index is -0.551. The van der Waals surface area contributed by atoms with Gasteiger partial charge in [-0.3, -0.25) is 10.0 Å². The van der Waals surface area contributed by atoms with Crippen molar-refractivity contribution in [3.8, 4) is 0 Å². The molecule has 0 saturated heterocycles. The molecule has 0 atom stereocenters. The smallest absolute Gasteiger partial charge is 0.258 e. The molecule has 2 rings (SSSR count). The zero-order valence-corrected chi connectivity index (χ0v) is 8.19. The highest BCUT2D eigenvalue weighted by molar-refractivity contribution is 5.97. The molecule has 1 aromatic heterocycles. The van der Waals surface area contributed by atoms with Gasteiger partial charge in [0.1, 0.15) is 0 Å². The number of rotatable bonds is 0. The van der Waals surface area contributed by atoms with E-state index in [4.69, 9.17) is 0 Å². The lowest BCUT2D eigenvalue weighted by Crippen LogP contribution is -2.44. The van der Waals surface area contributed by atoms with E-state index in [0.717, 1.165) is 5.56 Å². The van der Waals surface area contributed by atoms with E-state index in [0.29, 0.717) is 17.3 Å². The molecule has 0 fully saturated rings. The van der Waals surface area contributed by atoms with Crippen molar-refractivity contribution in [2.45, 2.75) is 20.3 Å². The Bertz CT molecular complexity index is 387. The van der Waals surface area contributed by atoms with Gasteiger partial charge in [-0.05, 0) is 18.1 Å². The van der Waals surface area contributed by atoms with Crippen molar-refractivity contribution < 1.29 is 10.0 Å². The fourth-order valence-corrected chi connectivity index (χ4v) is 1.69. The van der Waals surface area contributed by atoms with Crippen molar-refractivity contribution in [3.63, 3.8) is 0 Å². The van der Waals surface area contributed by atoms with Crippen LogP contribution >= 0.6 is 0 Å². The second-order valence-corrected chi connectivity index (χ2v) is 4.16. The lowest BCUT2D eigenvalue weighted by atomic mass is 9.82. The molecule has 14 heavy (non-hydrogen) atoms. The minimum Gasteiger partial charge on any atom is -0.279 e. The number of hydrogen-bond donors (Lipinski definition) is 1. The number of pyridine rings is 1. The van der Waals surface area contributed by atoms with Crippen molar-refractivity contribution in [3.05, 3.63) is 23.9 Å². The monoisotopic (exact) mass is 192 g/mol. The SMILES string of the molecule is CC1(C)Cc2cccnc2N(O)C1=O. The molecule has 0 aliphatic carbocycles. The largest absolute Gasteiger partial charge is 0.279 e. The molecule has 0 aromatic carbocycles. The molecular weight excluding hydrogens is 180 g/mol. The van der Waals surface area contributed by atoms with Crippen LogP contribution in [0.2, 0.25) is 0 Å². The maximum atomic E-state index is 11.6. The highest BCUT2D eigenvalue weighted by Crippen LogP contribution is 2.34. The zero-order valence-electron chi connectivity index (χ0n) is 8.19. The zero-order chi connectivity index (χ0) is 10.3. The third-order valence-corrected chi connectivity index (χ3v) is 2.47. The van der Waals surface area contributed by atoms with Gasteiger partial charge >= 0.3 is 0 Å². The fourth-order valence-electron chi connectivity index (χ4n) is 1.69. The van der Waals surface area contributed by atoms with E-state index < -0.39 is 5.41 Å². The molecule has 1 aliphatic heterocycles. The van der Waals surface area contributed by atoms with Gasteiger partial charge < -0.3 is 0 Å². The first-order chi connectivity index (χ1) is 6.52. The predicted octanol–water partition coefficient (Wildman–Crippen LogP) is 1.39. The Morgan fingerprint density at radius 3 is 3.00 bits per heavy atom. The summed E-state index contributed by atoms with van der Waals surface area (Å²) in [6.07, 6.45) is 2.18. The summed E-state index contributed by atoms with van der Waals surface area (Å²) in [6.45, 7) is 3.63. The number of fused-ring (bicyclic) bond motifs is 1. The predicted molar refractivity (Wildman–Crippen MR) is 51.0 cm³/mol. The third-order valence-electron chi connectivity index (χ3n) is 2.47. The molecule has 0 saturated carbocycles. The van der Waals surface area contributed by atoms with Crippen LogP contribution in [0, 0.1) is 5.41 Å². The highest BCUT2D eigenvalue weighted by Gasteiger charge is 2.39.